The largest absolute Gasteiger partial charge is 0.489 e. The second-order valence-electron chi connectivity index (χ2n) is 6.01. The number of nitrogens with zero attached hydrogens (tertiary/aromatic N) is 1. The smallest absolute Gasteiger partial charge is 0.123 e. The molecule has 1 heterocycles. The molecule has 2 aromatic rings. The van der Waals surface area contributed by atoms with Crippen molar-refractivity contribution in [1.82, 2.24) is 10.3 Å². The van der Waals surface area contributed by atoms with E-state index >= 15 is 0 Å². The van der Waals surface area contributed by atoms with Crippen molar-refractivity contribution in [2.75, 3.05) is 0 Å². The molecule has 0 radical (unpaired) electrons. The van der Waals surface area contributed by atoms with Gasteiger partial charge >= 0.3 is 0 Å². The van der Waals surface area contributed by atoms with E-state index in [1.165, 1.54) is 0 Å². The minimum absolute atomic E-state index is 0.0688. The van der Waals surface area contributed by atoms with E-state index in [0.29, 0.717) is 6.61 Å². The number of ether oxygens (including phenoxy) is 1. The van der Waals surface area contributed by atoms with Crippen molar-refractivity contribution in [3.05, 3.63) is 58.9 Å². The van der Waals surface area contributed by atoms with Crippen LogP contribution in [-0.2, 0) is 13.2 Å². The SMILES string of the molecule is CC(C)(C)NCc1cc(OCc2cccc(Cl)c2)ccn1. The molecule has 2 rings (SSSR count). The summed E-state index contributed by atoms with van der Waals surface area (Å²) >= 11 is 5.96. The molecule has 0 amide bonds. The fraction of sp³-hybridized carbons (Fsp3) is 0.353. The zero-order valence-electron chi connectivity index (χ0n) is 12.7. The molecule has 1 N–H and O–H groups in total. The highest BCUT2D eigenvalue weighted by Crippen LogP contribution is 2.16. The molecule has 0 atom stereocenters. The van der Waals surface area contributed by atoms with Crippen LogP contribution >= 0.6 is 11.6 Å². The van der Waals surface area contributed by atoms with Crippen LogP contribution in [0.3, 0.4) is 0 Å². The Labute approximate surface area is 131 Å². The molecule has 0 bridgehead atoms. The van der Waals surface area contributed by atoms with Gasteiger partial charge in [-0.05, 0) is 44.5 Å². The number of rotatable bonds is 5. The fourth-order valence-corrected chi connectivity index (χ4v) is 2.00. The Morgan fingerprint density at radius 1 is 1.19 bits per heavy atom. The summed E-state index contributed by atoms with van der Waals surface area (Å²) in [6.45, 7) is 7.61. The van der Waals surface area contributed by atoms with Gasteiger partial charge in [-0.15, -0.1) is 0 Å². The first kappa shape index (κ1) is 15.8. The van der Waals surface area contributed by atoms with E-state index in [1.54, 1.807) is 6.20 Å². The van der Waals surface area contributed by atoms with Crippen LogP contribution in [-0.4, -0.2) is 10.5 Å². The first-order valence-electron chi connectivity index (χ1n) is 6.99. The molecule has 21 heavy (non-hydrogen) atoms. The van der Waals surface area contributed by atoms with Gasteiger partial charge < -0.3 is 10.1 Å². The standard InChI is InChI=1S/C17H21ClN2O/c1-17(2,3)20-11-15-10-16(7-8-19-15)21-12-13-5-4-6-14(18)9-13/h4-10,20H,11-12H2,1-3H3. The quantitative estimate of drug-likeness (QED) is 0.899. The molecule has 0 aliphatic rings. The van der Waals surface area contributed by atoms with E-state index in [2.05, 4.69) is 31.1 Å². The van der Waals surface area contributed by atoms with Crippen molar-refractivity contribution in [2.45, 2.75) is 39.5 Å². The molecule has 0 saturated carbocycles. The average Bonchev–Trinajstić information content (AvgIpc) is 2.43. The van der Waals surface area contributed by atoms with Gasteiger partial charge in [-0.1, -0.05) is 23.7 Å². The van der Waals surface area contributed by atoms with Crippen LogP contribution in [0, 0.1) is 0 Å². The summed E-state index contributed by atoms with van der Waals surface area (Å²) in [5.74, 6) is 0.815. The summed E-state index contributed by atoms with van der Waals surface area (Å²) in [6, 6.07) is 11.5. The van der Waals surface area contributed by atoms with Crippen LogP contribution in [0.1, 0.15) is 32.0 Å². The zero-order chi connectivity index (χ0) is 15.3. The second kappa shape index (κ2) is 6.92. The summed E-state index contributed by atoms with van der Waals surface area (Å²) in [4.78, 5) is 4.35. The molecule has 0 saturated heterocycles. The number of pyridine rings is 1. The molecule has 3 nitrogen and oxygen atoms in total. The molecule has 0 spiro atoms. The lowest BCUT2D eigenvalue weighted by molar-refractivity contribution is 0.305. The van der Waals surface area contributed by atoms with Gasteiger partial charge in [0.25, 0.3) is 0 Å². The Bertz CT molecular complexity index is 593. The van der Waals surface area contributed by atoms with E-state index in [0.717, 1.165) is 28.6 Å². The minimum Gasteiger partial charge on any atom is -0.489 e. The maximum absolute atomic E-state index is 5.96. The molecule has 0 aliphatic heterocycles. The van der Waals surface area contributed by atoms with Crippen LogP contribution in [0.15, 0.2) is 42.6 Å². The molecule has 1 aromatic carbocycles. The Balaban J connectivity index is 1.95. The van der Waals surface area contributed by atoms with Crippen LogP contribution in [0.25, 0.3) is 0 Å². The van der Waals surface area contributed by atoms with E-state index in [9.17, 15) is 0 Å². The van der Waals surface area contributed by atoms with Crippen LogP contribution in [0.5, 0.6) is 5.75 Å². The highest BCUT2D eigenvalue weighted by atomic mass is 35.5. The normalized spacial score (nSPS) is 11.4. The van der Waals surface area contributed by atoms with Gasteiger partial charge in [0.2, 0.25) is 0 Å². The van der Waals surface area contributed by atoms with Gasteiger partial charge in [-0.25, -0.2) is 0 Å². The van der Waals surface area contributed by atoms with Gasteiger partial charge in [0.1, 0.15) is 12.4 Å². The Morgan fingerprint density at radius 3 is 2.71 bits per heavy atom. The summed E-state index contributed by atoms with van der Waals surface area (Å²) in [5.41, 5.74) is 2.08. The maximum atomic E-state index is 5.96. The van der Waals surface area contributed by atoms with Gasteiger partial charge in [-0.2, -0.15) is 0 Å². The average molecular weight is 305 g/mol. The fourth-order valence-electron chi connectivity index (χ4n) is 1.79. The van der Waals surface area contributed by atoms with E-state index in [-0.39, 0.29) is 5.54 Å². The molecule has 1 aromatic heterocycles. The lowest BCUT2D eigenvalue weighted by atomic mass is 10.1. The predicted molar refractivity (Wildman–Crippen MR) is 86.6 cm³/mol. The predicted octanol–water partition coefficient (Wildman–Crippen LogP) is 4.20. The molecular formula is C17H21ClN2O. The summed E-state index contributed by atoms with van der Waals surface area (Å²) in [6.07, 6.45) is 1.77. The summed E-state index contributed by atoms with van der Waals surface area (Å²) in [5, 5.41) is 4.13. The van der Waals surface area contributed by atoms with Crippen LogP contribution in [0.2, 0.25) is 5.02 Å². The third-order valence-corrected chi connectivity index (χ3v) is 3.12. The minimum atomic E-state index is 0.0688. The van der Waals surface area contributed by atoms with Crippen molar-refractivity contribution in [2.24, 2.45) is 0 Å². The Morgan fingerprint density at radius 2 is 2.00 bits per heavy atom. The third-order valence-electron chi connectivity index (χ3n) is 2.88. The molecule has 0 unspecified atom stereocenters. The number of hydrogen-bond acceptors (Lipinski definition) is 3. The van der Waals surface area contributed by atoms with Gasteiger partial charge in [0.15, 0.2) is 0 Å². The van der Waals surface area contributed by atoms with Crippen LogP contribution < -0.4 is 10.1 Å². The molecule has 0 fully saturated rings. The monoisotopic (exact) mass is 304 g/mol. The van der Waals surface area contributed by atoms with E-state index in [4.69, 9.17) is 16.3 Å². The second-order valence-corrected chi connectivity index (χ2v) is 6.44. The number of hydrogen-bond donors (Lipinski definition) is 1. The number of benzene rings is 1. The molecular weight excluding hydrogens is 284 g/mol. The van der Waals surface area contributed by atoms with Crippen molar-refractivity contribution in [1.29, 1.82) is 0 Å². The Hall–Kier alpha value is -1.58. The highest BCUT2D eigenvalue weighted by Gasteiger charge is 2.09. The lowest BCUT2D eigenvalue weighted by Crippen LogP contribution is -2.35. The molecule has 4 heteroatoms. The number of halogens is 1. The zero-order valence-corrected chi connectivity index (χ0v) is 13.4. The summed E-state index contributed by atoms with van der Waals surface area (Å²) in [7, 11) is 0. The highest BCUT2D eigenvalue weighted by molar-refractivity contribution is 6.30. The summed E-state index contributed by atoms with van der Waals surface area (Å²) < 4.78 is 5.79. The van der Waals surface area contributed by atoms with Crippen molar-refractivity contribution < 1.29 is 4.74 Å². The number of nitrogens with one attached hydrogen (secondary N) is 1. The van der Waals surface area contributed by atoms with Crippen molar-refractivity contribution >= 4 is 11.6 Å². The maximum Gasteiger partial charge on any atom is 0.123 e. The first-order valence-corrected chi connectivity index (χ1v) is 7.37. The third kappa shape index (κ3) is 5.74. The van der Waals surface area contributed by atoms with E-state index < -0.39 is 0 Å². The lowest BCUT2D eigenvalue weighted by Gasteiger charge is -2.20. The van der Waals surface area contributed by atoms with Gasteiger partial charge in [0, 0.05) is 29.4 Å². The molecule has 112 valence electrons. The van der Waals surface area contributed by atoms with Crippen molar-refractivity contribution in [3.63, 3.8) is 0 Å². The topological polar surface area (TPSA) is 34.1 Å². The van der Waals surface area contributed by atoms with Gasteiger partial charge in [0.05, 0.1) is 5.69 Å². The molecule has 0 aliphatic carbocycles. The first-order chi connectivity index (χ1) is 9.92. The van der Waals surface area contributed by atoms with Gasteiger partial charge in [-0.3, -0.25) is 4.98 Å². The Kier molecular flexibility index (Phi) is 5.21. The van der Waals surface area contributed by atoms with Crippen LogP contribution in [0.4, 0.5) is 0 Å². The number of aromatic nitrogens is 1. The van der Waals surface area contributed by atoms with Crippen molar-refractivity contribution in [3.8, 4) is 5.75 Å². The van der Waals surface area contributed by atoms with E-state index in [1.807, 2.05) is 36.4 Å².